The molecular weight excluding hydrogens is 332 g/mol. The maximum Gasteiger partial charge on any atom is 0.244 e. The van der Waals surface area contributed by atoms with Crippen molar-refractivity contribution in [1.82, 2.24) is 9.80 Å². The minimum absolute atomic E-state index is 0.200. The summed E-state index contributed by atoms with van der Waals surface area (Å²) in [5.41, 5.74) is 1.10. The Morgan fingerprint density at radius 3 is 2.60 bits per heavy atom. The highest BCUT2D eigenvalue weighted by Gasteiger charge is 2.39. The molecule has 1 aromatic heterocycles. The third kappa shape index (κ3) is 3.50. The van der Waals surface area contributed by atoms with Crippen molar-refractivity contribution in [3.05, 3.63) is 58.3 Å². The monoisotopic (exact) mass is 356 g/mol. The molecule has 2 aliphatic rings. The molecule has 2 aliphatic heterocycles. The van der Waals surface area contributed by atoms with Crippen molar-refractivity contribution in [1.29, 1.82) is 0 Å². The molecule has 4 nitrogen and oxygen atoms in total. The summed E-state index contributed by atoms with van der Waals surface area (Å²) in [6, 6.07) is 14.7. The van der Waals surface area contributed by atoms with Crippen LogP contribution in [0.4, 0.5) is 0 Å². The van der Waals surface area contributed by atoms with E-state index in [9.17, 15) is 4.79 Å². The lowest BCUT2D eigenvalue weighted by Crippen LogP contribution is -2.47. The third-order valence-electron chi connectivity index (χ3n) is 5.17. The van der Waals surface area contributed by atoms with Crippen LogP contribution in [0.1, 0.15) is 35.4 Å². The Labute approximate surface area is 153 Å². The molecule has 5 heteroatoms. The standard InChI is InChI=1S/C20H24N2O2S/c23-20(21-11-13-24-14-12-21)19(16-6-2-1-3-7-16)22-10-4-8-17(22)18-9-5-15-25-18/h1-3,5-7,9,15,17,19H,4,8,10-14H2/t17-,19-/m0/s1. The van der Waals surface area contributed by atoms with Crippen molar-refractivity contribution in [3.8, 4) is 0 Å². The van der Waals surface area contributed by atoms with Gasteiger partial charge in [0.1, 0.15) is 6.04 Å². The third-order valence-corrected chi connectivity index (χ3v) is 6.14. The number of ether oxygens (including phenoxy) is 1. The second-order valence-corrected chi connectivity index (χ2v) is 7.64. The number of rotatable bonds is 4. The van der Waals surface area contributed by atoms with Crippen LogP contribution in [-0.2, 0) is 9.53 Å². The Hall–Kier alpha value is -1.69. The molecule has 3 heterocycles. The van der Waals surface area contributed by atoms with Crippen molar-refractivity contribution >= 4 is 17.2 Å². The molecule has 2 saturated heterocycles. The molecule has 25 heavy (non-hydrogen) atoms. The summed E-state index contributed by atoms with van der Waals surface area (Å²) in [5, 5.41) is 2.13. The predicted molar refractivity (Wildman–Crippen MR) is 99.6 cm³/mol. The summed E-state index contributed by atoms with van der Waals surface area (Å²) < 4.78 is 5.44. The number of hydrogen-bond donors (Lipinski definition) is 0. The number of thiophene rings is 1. The lowest BCUT2D eigenvalue weighted by molar-refractivity contribution is -0.142. The number of benzene rings is 1. The van der Waals surface area contributed by atoms with E-state index in [0.29, 0.717) is 32.3 Å². The molecule has 1 amide bonds. The topological polar surface area (TPSA) is 32.8 Å². The Balaban J connectivity index is 1.66. The van der Waals surface area contributed by atoms with Gasteiger partial charge < -0.3 is 9.64 Å². The highest BCUT2D eigenvalue weighted by molar-refractivity contribution is 7.10. The Morgan fingerprint density at radius 1 is 1.08 bits per heavy atom. The van der Waals surface area contributed by atoms with E-state index in [4.69, 9.17) is 4.74 Å². The van der Waals surface area contributed by atoms with Crippen molar-refractivity contribution in [2.24, 2.45) is 0 Å². The Bertz CT molecular complexity index is 683. The van der Waals surface area contributed by atoms with Gasteiger partial charge in [0.25, 0.3) is 0 Å². The van der Waals surface area contributed by atoms with Gasteiger partial charge in [-0.1, -0.05) is 36.4 Å². The lowest BCUT2D eigenvalue weighted by Gasteiger charge is -2.37. The van der Waals surface area contributed by atoms with E-state index in [1.807, 2.05) is 23.1 Å². The molecular formula is C20H24N2O2S. The van der Waals surface area contributed by atoms with Crippen LogP contribution in [0.5, 0.6) is 0 Å². The van der Waals surface area contributed by atoms with Gasteiger partial charge >= 0.3 is 0 Å². The van der Waals surface area contributed by atoms with E-state index in [1.54, 1.807) is 11.3 Å². The van der Waals surface area contributed by atoms with Crippen molar-refractivity contribution in [2.75, 3.05) is 32.8 Å². The quantitative estimate of drug-likeness (QED) is 0.841. The zero-order valence-corrected chi connectivity index (χ0v) is 15.2. The summed E-state index contributed by atoms with van der Waals surface area (Å²) in [4.78, 5) is 19.2. The number of amides is 1. The van der Waals surface area contributed by atoms with Crippen LogP contribution in [0.3, 0.4) is 0 Å². The Kier molecular flexibility index (Phi) is 5.15. The summed E-state index contributed by atoms with van der Waals surface area (Å²) in [6.07, 6.45) is 2.27. The first-order valence-corrected chi connectivity index (χ1v) is 9.93. The second-order valence-electron chi connectivity index (χ2n) is 6.66. The zero-order valence-electron chi connectivity index (χ0n) is 14.3. The van der Waals surface area contributed by atoms with Gasteiger partial charge in [0.05, 0.1) is 13.2 Å². The van der Waals surface area contributed by atoms with Crippen LogP contribution in [-0.4, -0.2) is 48.6 Å². The number of likely N-dealkylation sites (tertiary alicyclic amines) is 1. The van der Waals surface area contributed by atoms with Gasteiger partial charge in [0.15, 0.2) is 0 Å². The van der Waals surface area contributed by atoms with Gasteiger partial charge in [-0.2, -0.15) is 0 Å². The maximum absolute atomic E-state index is 13.4. The molecule has 0 bridgehead atoms. The van der Waals surface area contributed by atoms with Gasteiger partial charge in [0, 0.05) is 24.0 Å². The smallest absolute Gasteiger partial charge is 0.244 e. The fraction of sp³-hybridized carbons (Fsp3) is 0.450. The number of carbonyl (C=O) groups excluding carboxylic acids is 1. The second kappa shape index (κ2) is 7.68. The molecule has 2 atom stereocenters. The number of morpholine rings is 1. The summed E-state index contributed by atoms with van der Waals surface area (Å²) in [6.45, 7) is 3.64. The van der Waals surface area contributed by atoms with Crippen LogP contribution in [0.25, 0.3) is 0 Å². The average Bonchev–Trinajstić information content (AvgIpc) is 3.35. The summed E-state index contributed by atoms with van der Waals surface area (Å²) in [7, 11) is 0. The van der Waals surface area contributed by atoms with Crippen LogP contribution in [0.2, 0.25) is 0 Å². The van der Waals surface area contributed by atoms with E-state index in [2.05, 4.69) is 34.5 Å². The van der Waals surface area contributed by atoms with Crippen molar-refractivity contribution < 1.29 is 9.53 Å². The fourth-order valence-electron chi connectivity index (χ4n) is 3.95. The highest BCUT2D eigenvalue weighted by atomic mass is 32.1. The minimum atomic E-state index is -0.200. The summed E-state index contributed by atoms with van der Waals surface area (Å²) in [5.74, 6) is 0.220. The molecule has 0 spiro atoms. The van der Waals surface area contributed by atoms with Crippen LogP contribution in [0.15, 0.2) is 47.8 Å². The predicted octanol–water partition coefficient (Wildman–Crippen LogP) is 3.49. The molecule has 0 N–H and O–H groups in total. The van der Waals surface area contributed by atoms with E-state index in [-0.39, 0.29) is 11.9 Å². The Morgan fingerprint density at radius 2 is 1.88 bits per heavy atom. The first kappa shape index (κ1) is 16.8. The lowest BCUT2D eigenvalue weighted by atomic mass is 10.0. The molecule has 1 aromatic carbocycles. The van der Waals surface area contributed by atoms with E-state index < -0.39 is 0 Å². The van der Waals surface area contributed by atoms with E-state index >= 15 is 0 Å². The fourth-order valence-corrected chi connectivity index (χ4v) is 4.83. The minimum Gasteiger partial charge on any atom is -0.378 e. The van der Waals surface area contributed by atoms with Gasteiger partial charge in [-0.3, -0.25) is 9.69 Å². The zero-order chi connectivity index (χ0) is 17.1. The van der Waals surface area contributed by atoms with Crippen LogP contribution < -0.4 is 0 Å². The first-order chi connectivity index (χ1) is 12.3. The number of carbonyl (C=O) groups is 1. The summed E-state index contributed by atoms with van der Waals surface area (Å²) >= 11 is 1.80. The van der Waals surface area contributed by atoms with Gasteiger partial charge in [-0.05, 0) is 36.4 Å². The highest BCUT2D eigenvalue weighted by Crippen LogP contribution is 2.41. The molecule has 4 rings (SSSR count). The normalized spacial score (nSPS) is 22.9. The SMILES string of the molecule is O=C([C@H](c1ccccc1)N1CCC[C@H]1c1cccs1)N1CCOCC1. The van der Waals surface area contributed by atoms with Gasteiger partial charge in [-0.15, -0.1) is 11.3 Å². The largest absolute Gasteiger partial charge is 0.378 e. The van der Waals surface area contributed by atoms with Gasteiger partial charge in [0.2, 0.25) is 5.91 Å². The first-order valence-electron chi connectivity index (χ1n) is 9.05. The molecule has 0 radical (unpaired) electrons. The molecule has 0 saturated carbocycles. The van der Waals surface area contributed by atoms with Gasteiger partial charge in [-0.25, -0.2) is 0 Å². The van der Waals surface area contributed by atoms with Crippen LogP contribution in [0, 0.1) is 0 Å². The molecule has 2 fully saturated rings. The molecule has 132 valence electrons. The molecule has 0 aliphatic carbocycles. The molecule has 2 aromatic rings. The number of hydrogen-bond acceptors (Lipinski definition) is 4. The number of nitrogens with zero attached hydrogens (tertiary/aromatic N) is 2. The van der Waals surface area contributed by atoms with E-state index in [1.165, 1.54) is 4.88 Å². The average molecular weight is 356 g/mol. The molecule has 0 unspecified atom stereocenters. The van der Waals surface area contributed by atoms with E-state index in [0.717, 1.165) is 24.9 Å². The van der Waals surface area contributed by atoms with Crippen molar-refractivity contribution in [3.63, 3.8) is 0 Å². The van der Waals surface area contributed by atoms with Crippen LogP contribution >= 0.6 is 11.3 Å². The van der Waals surface area contributed by atoms with Crippen molar-refractivity contribution in [2.45, 2.75) is 24.9 Å². The maximum atomic E-state index is 13.4.